The number of benzene rings is 1. The minimum absolute atomic E-state index is 0.558. The van der Waals surface area contributed by atoms with E-state index in [0.29, 0.717) is 24.9 Å². The number of nitrogens with one attached hydrogen (secondary N) is 1. The molecule has 0 saturated carbocycles. The molecule has 0 amide bonds. The molecular weight excluding hydrogens is 230 g/mol. The minimum atomic E-state index is 0.558. The van der Waals surface area contributed by atoms with E-state index >= 15 is 0 Å². The van der Waals surface area contributed by atoms with Crippen molar-refractivity contribution in [3.63, 3.8) is 0 Å². The number of ether oxygens (including phenoxy) is 1. The lowest BCUT2D eigenvalue weighted by Gasteiger charge is -1.98. The summed E-state index contributed by atoms with van der Waals surface area (Å²) in [6.07, 6.45) is 0. The predicted molar refractivity (Wildman–Crippen MR) is 68.1 cm³/mol. The van der Waals surface area contributed by atoms with E-state index in [9.17, 15) is 0 Å². The van der Waals surface area contributed by atoms with Gasteiger partial charge in [0.2, 0.25) is 11.7 Å². The summed E-state index contributed by atoms with van der Waals surface area (Å²) in [5.41, 5.74) is 2.15. The summed E-state index contributed by atoms with van der Waals surface area (Å²) in [5, 5.41) is 7.13. The predicted octanol–water partition coefficient (Wildman–Crippen LogP) is 1.78. The first kappa shape index (κ1) is 12.7. The number of nitrogens with zero attached hydrogens (tertiary/aromatic N) is 2. The summed E-state index contributed by atoms with van der Waals surface area (Å²) in [5.74, 6) is 1.21. The van der Waals surface area contributed by atoms with Gasteiger partial charge >= 0.3 is 0 Å². The highest BCUT2D eigenvalue weighted by Gasteiger charge is 2.07. The van der Waals surface area contributed by atoms with Crippen LogP contribution in [0.2, 0.25) is 0 Å². The van der Waals surface area contributed by atoms with Gasteiger partial charge < -0.3 is 14.6 Å². The Morgan fingerprint density at radius 3 is 3.06 bits per heavy atom. The van der Waals surface area contributed by atoms with Crippen LogP contribution in [0.5, 0.6) is 0 Å². The molecule has 96 valence electrons. The Morgan fingerprint density at radius 2 is 2.28 bits per heavy atom. The summed E-state index contributed by atoms with van der Waals surface area (Å²) < 4.78 is 10.1. The van der Waals surface area contributed by atoms with Crippen LogP contribution in [0, 0.1) is 6.92 Å². The Balaban J connectivity index is 1.97. The molecular formula is C13H17N3O2. The Kier molecular flexibility index (Phi) is 4.44. The standard InChI is InChI=1S/C13H17N3O2/c1-10-4-3-5-11(8-10)13-15-12(18-16-13)9-14-6-7-17-2/h3-5,8,14H,6-7,9H2,1-2H3. The van der Waals surface area contributed by atoms with Gasteiger partial charge in [-0.1, -0.05) is 28.9 Å². The average molecular weight is 247 g/mol. The topological polar surface area (TPSA) is 60.2 Å². The van der Waals surface area contributed by atoms with Crippen molar-refractivity contribution in [3.8, 4) is 11.4 Å². The van der Waals surface area contributed by atoms with Crippen LogP contribution in [0.25, 0.3) is 11.4 Å². The van der Waals surface area contributed by atoms with Crippen molar-refractivity contribution in [2.24, 2.45) is 0 Å². The van der Waals surface area contributed by atoms with Gasteiger partial charge in [-0.05, 0) is 13.0 Å². The van der Waals surface area contributed by atoms with Gasteiger partial charge in [0.25, 0.3) is 0 Å². The second kappa shape index (κ2) is 6.28. The number of rotatable bonds is 6. The van der Waals surface area contributed by atoms with Gasteiger partial charge in [-0.25, -0.2) is 0 Å². The fraction of sp³-hybridized carbons (Fsp3) is 0.385. The molecule has 0 saturated heterocycles. The molecule has 2 rings (SSSR count). The number of aromatic nitrogens is 2. The van der Waals surface area contributed by atoms with Gasteiger partial charge in [-0.15, -0.1) is 0 Å². The van der Waals surface area contributed by atoms with Crippen molar-refractivity contribution in [1.82, 2.24) is 15.5 Å². The summed E-state index contributed by atoms with van der Waals surface area (Å²) in [6.45, 7) is 4.02. The summed E-state index contributed by atoms with van der Waals surface area (Å²) in [4.78, 5) is 4.34. The normalized spacial score (nSPS) is 10.8. The molecule has 2 aromatic rings. The fourth-order valence-corrected chi connectivity index (χ4v) is 1.60. The first-order valence-corrected chi connectivity index (χ1v) is 5.89. The maximum Gasteiger partial charge on any atom is 0.240 e. The van der Waals surface area contributed by atoms with Crippen molar-refractivity contribution in [1.29, 1.82) is 0 Å². The third-order valence-electron chi connectivity index (χ3n) is 2.50. The van der Waals surface area contributed by atoms with E-state index in [1.165, 1.54) is 5.56 Å². The van der Waals surface area contributed by atoms with E-state index in [1.807, 2.05) is 31.2 Å². The monoisotopic (exact) mass is 247 g/mol. The van der Waals surface area contributed by atoms with E-state index in [4.69, 9.17) is 9.26 Å². The van der Waals surface area contributed by atoms with E-state index in [2.05, 4.69) is 15.5 Å². The van der Waals surface area contributed by atoms with Gasteiger partial charge in [-0.2, -0.15) is 4.98 Å². The first-order chi connectivity index (χ1) is 8.79. The molecule has 0 fully saturated rings. The van der Waals surface area contributed by atoms with E-state index in [1.54, 1.807) is 7.11 Å². The zero-order valence-electron chi connectivity index (χ0n) is 10.6. The molecule has 0 unspecified atom stereocenters. The Morgan fingerprint density at radius 1 is 1.39 bits per heavy atom. The third kappa shape index (κ3) is 3.38. The lowest BCUT2D eigenvalue weighted by atomic mass is 10.1. The van der Waals surface area contributed by atoms with Crippen LogP contribution in [0.1, 0.15) is 11.5 Å². The molecule has 0 aliphatic carbocycles. The number of hydrogen-bond donors (Lipinski definition) is 1. The molecule has 0 atom stereocenters. The fourth-order valence-electron chi connectivity index (χ4n) is 1.60. The summed E-state index contributed by atoms with van der Waals surface area (Å²) in [7, 11) is 1.67. The molecule has 1 aromatic heterocycles. The zero-order valence-corrected chi connectivity index (χ0v) is 10.6. The molecule has 0 bridgehead atoms. The summed E-state index contributed by atoms with van der Waals surface area (Å²) in [6, 6.07) is 8.03. The maximum atomic E-state index is 5.17. The van der Waals surface area contributed by atoms with Crippen LogP contribution in [-0.2, 0) is 11.3 Å². The molecule has 1 aromatic carbocycles. The zero-order chi connectivity index (χ0) is 12.8. The van der Waals surface area contributed by atoms with Crippen molar-refractivity contribution >= 4 is 0 Å². The second-order valence-electron chi connectivity index (χ2n) is 4.05. The molecule has 1 heterocycles. The number of methoxy groups -OCH3 is 1. The Hall–Kier alpha value is -1.72. The smallest absolute Gasteiger partial charge is 0.240 e. The van der Waals surface area contributed by atoms with Crippen LogP contribution in [0.4, 0.5) is 0 Å². The van der Waals surface area contributed by atoms with Gasteiger partial charge in [0, 0.05) is 19.2 Å². The van der Waals surface area contributed by atoms with Crippen molar-refractivity contribution in [2.75, 3.05) is 20.3 Å². The lowest BCUT2D eigenvalue weighted by molar-refractivity contribution is 0.197. The number of aryl methyl sites for hydroxylation is 1. The highest BCUT2D eigenvalue weighted by atomic mass is 16.5. The van der Waals surface area contributed by atoms with Gasteiger partial charge in [0.15, 0.2) is 0 Å². The maximum absolute atomic E-state index is 5.17. The van der Waals surface area contributed by atoms with Gasteiger partial charge in [-0.3, -0.25) is 0 Å². The van der Waals surface area contributed by atoms with Crippen molar-refractivity contribution < 1.29 is 9.26 Å². The highest BCUT2D eigenvalue weighted by Crippen LogP contribution is 2.16. The van der Waals surface area contributed by atoms with Gasteiger partial charge in [0.1, 0.15) is 0 Å². The van der Waals surface area contributed by atoms with E-state index in [-0.39, 0.29) is 0 Å². The second-order valence-corrected chi connectivity index (χ2v) is 4.05. The third-order valence-corrected chi connectivity index (χ3v) is 2.50. The largest absolute Gasteiger partial charge is 0.383 e. The molecule has 5 heteroatoms. The van der Waals surface area contributed by atoms with Crippen LogP contribution < -0.4 is 5.32 Å². The van der Waals surface area contributed by atoms with E-state index in [0.717, 1.165) is 12.1 Å². The Bertz CT molecular complexity index is 496. The molecule has 1 N–H and O–H groups in total. The van der Waals surface area contributed by atoms with Crippen molar-refractivity contribution in [2.45, 2.75) is 13.5 Å². The molecule has 5 nitrogen and oxygen atoms in total. The Labute approximate surface area is 106 Å². The van der Waals surface area contributed by atoms with Crippen LogP contribution >= 0.6 is 0 Å². The quantitative estimate of drug-likeness (QED) is 0.788. The van der Waals surface area contributed by atoms with Gasteiger partial charge in [0.05, 0.1) is 13.2 Å². The van der Waals surface area contributed by atoms with E-state index < -0.39 is 0 Å². The average Bonchev–Trinajstić information content (AvgIpc) is 2.83. The molecule has 18 heavy (non-hydrogen) atoms. The molecule has 0 aliphatic rings. The SMILES string of the molecule is COCCNCc1nc(-c2cccc(C)c2)no1. The summed E-state index contributed by atoms with van der Waals surface area (Å²) >= 11 is 0. The molecule has 0 radical (unpaired) electrons. The number of hydrogen-bond acceptors (Lipinski definition) is 5. The lowest BCUT2D eigenvalue weighted by Crippen LogP contribution is -2.18. The van der Waals surface area contributed by atoms with Crippen LogP contribution in [0.3, 0.4) is 0 Å². The molecule has 0 aliphatic heterocycles. The van der Waals surface area contributed by atoms with Crippen LogP contribution in [-0.4, -0.2) is 30.4 Å². The first-order valence-electron chi connectivity index (χ1n) is 5.89. The van der Waals surface area contributed by atoms with Crippen LogP contribution in [0.15, 0.2) is 28.8 Å². The minimum Gasteiger partial charge on any atom is -0.383 e. The van der Waals surface area contributed by atoms with Crippen molar-refractivity contribution in [3.05, 3.63) is 35.7 Å². The molecule has 0 spiro atoms. The highest BCUT2D eigenvalue weighted by molar-refractivity contribution is 5.55.